The quantitative estimate of drug-likeness (QED) is 0.328. The van der Waals surface area contributed by atoms with Crippen molar-refractivity contribution in [2.24, 2.45) is 40.4 Å². The standard InChI is InChI=1S/C24H38O8S/c1-13(4-7-21(27)28)16-5-6-17-22-18(12-20(26)24(16,17)3)23(2)9-8-15(32-33(29,30)31)10-14(23)11-19(22)25/h11,13,15-20,22,25-26H,4-10,12H2,1-3H3,(H,27,28)(H,29,30,31)/t13-,15?,16-,17+,18+,19-,20+,22+,23+,24-/m1/s1/i8D2,10D2,15D. The lowest BCUT2D eigenvalue weighted by atomic mass is 9.45. The smallest absolute Gasteiger partial charge is 0.397 e. The molecule has 33 heavy (non-hydrogen) atoms. The van der Waals surface area contributed by atoms with Crippen molar-refractivity contribution in [3.63, 3.8) is 0 Å². The molecule has 4 aliphatic carbocycles. The molecule has 0 amide bonds. The topological polar surface area (TPSA) is 141 Å². The number of aliphatic hydroxyl groups excluding tert-OH is 2. The minimum absolute atomic E-state index is 0.00136. The van der Waals surface area contributed by atoms with E-state index in [2.05, 4.69) is 4.18 Å². The Bertz CT molecular complexity index is 1130. The number of hydrogen-bond donors (Lipinski definition) is 4. The number of carboxylic acids is 1. The maximum Gasteiger partial charge on any atom is 0.397 e. The summed E-state index contributed by atoms with van der Waals surface area (Å²) < 4.78 is 79.8. The molecule has 0 aromatic heterocycles. The largest absolute Gasteiger partial charge is 0.481 e. The maximum absolute atomic E-state index is 11.6. The summed E-state index contributed by atoms with van der Waals surface area (Å²) in [4.78, 5) is 11.2. The van der Waals surface area contributed by atoms with Gasteiger partial charge in [0.15, 0.2) is 0 Å². The molecule has 0 aliphatic heterocycles. The van der Waals surface area contributed by atoms with Crippen molar-refractivity contribution >= 4 is 16.4 Å². The van der Waals surface area contributed by atoms with Crippen LogP contribution in [0.15, 0.2) is 11.6 Å². The molecule has 4 rings (SSSR count). The second-order valence-corrected chi connectivity index (χ2v) is 11.8. The molecule has 0 saturated heterocycles. The second-order valence-electron chi connectivity index (χ2n) is 10.8. The Hall–Kier alpha value is -1.00. The zero-order chi connectivity index (χ0) is 28.9. The first-order valence-electron chi connectivity index (χ1n) is 14.1. The summed E-state index contributed by atoms with van der Waals surface area (Å²) in [5.74, 6) is -2.12. The van der Waals surface area contributed by atoms with Crippen LogP contribution in [0.2, 0.25) is 0 Å². The van der Waals surface area contributed by atoms with Crippen LogP contribution < -0.4 is 0 Å². The summed E-state index contributed by atoms with van der Waals surface area (Å²) in [7, 11) is -5.41. The molecular weight excluding hydrogens is 448 g/mol. The molecule has 9 heteroatoms. The first kappa shape index (κ1) is 19.2. The minimum Gasteiger partial charge on any atom is -0.481 e. The van der Waals surface area contributed by atoms with Crippen LogP contribution in [0.3, 0.4) is 0 Å². The molecule has 10 atom stereocenters. The molecule has 0 heterocycles. The zero-order valence-corrected chi connectivity index (χ0v) is 20.0. The molecular formula is C24H38O8S. The summed E-state index contributed by atoms with van der Waals surface area (Å²) in [6.45, 7) is 5.57. The molecule has 0 bridgehead atoms. The van der Waals surface area contributed by atoms with Crippen LogP contribution in [0.5, 0.6) is 0 Å². The predicted molar refractivity (Wildman–Crippen MR) is 120 cm³/mol. The van der Waals surface area contributed by atoms with Gasteiger partial charge < -0.3 is 15.3 Å². The molecule has 0 spiro atoms. The van der Waals surface area contributed by atoms with Crippen LogP contribution in [0.25, 0.3) is 0 Å². The number of aliphatic carboxylic acids is 1. The van der Waals surface area contributed by atoms with Crippen molar-refractivity contribution in [3.8, 4) is 0 Å². The van der Waals surface area contributed by atoms with Crippen molar-refractivity contribution in [3.05, 3.63) is 11.6 Å². The van der Waals surface area contributed by atoms with Gasteiger partial charge in [-0.15, -0.1) is 0 Å². The van der Waals surface area contributed by atoms with Crippen molar-refractivity contribution in [1.29, 1.82) is 0 Å². The van der Waals surface area contributed by atoms with E-state index in [1.54, 1.807) is 6.92 Å². The highest BCUT2D eigenvalue weighted by Crippen LogP contribution is 2.67. The molecule has 4 aliphatic rings. The van der Waals surface area contributed by atoms with Crippen LogP contribution in [0.4, 0.5) is 0 Å². The van der Waals surface area contributed by atoms with Crippen LogP contribution >= 0.6 is 0 Å². The van der Waals surface area contributed by atoms with Gasteiger partial charge in [0.1, 0.15) is 0 Å². The van der Waals surface area contributed by atoms with Crippen molar-refractivity contribution < 1.29 is 44.1 Å². The number of rotatable bonds is 6. The Balaban J connectivity index is 1.77. The van der Waals surface area contributed by atoms with Gasteiger partial charge >= 0.3 is 16.4 Å². The van der Waals surface area contributed by atoms with E-state index in [-0.39, 0.29) is 36.2 Å². The third-order valence-corrected chi connectivity index (χ3v) is 9.61. The van der Waals surface area contributed by atoms with E-state index in [1.165, 1.54) is 6.08 Å². The van der Waals surface area contributed by atoms with Gasteiger partial charge in [0.2, 0.25) is 0 Å². The highest BCUT2D eigenvalue weighted by atomic mass is 32.3. The monoisotopic (exact) mass is 491 g/mol. The predicted octanol–water partition coefficient (Wildman–Crippen LogP) is 3.20. The normalized spacial score (nSPS) is 53.5. The Morgan fingerprint density at radius 1 is 1.33 bits per heavy atom. The van der Waals surface area contributed by atoms with Gasteiger partial charge in [-0.05, 0) is 85.3 Å². The van der Waals surface area contributed by atoms with E-state index in [0.29, 0.717) is 12.8 Å². The highest BCUT2D eigenvalue weighted by Gasteiger charge is 2.64. The fourth-order valence-corrected chi connectivity index (χ4v) is 7.88. The van der Waals surface area contributed by atoms with Crippen molar-refractivity contribution in [2.75, 3.05) is 0 Å². The van der Waals surface area contributed by atoms with Crippen LogP contribution in [-0.2, 0) is 19.4 Å². The summed E-state index contributed by atoms with van der Waals surface area (Å²) in [6.07, 6.45) is -8.67. The van der Waals surface area contributed by atoms with Gasteiger partial charge in [-0.2, -0.15) is 8.42 Å². The number of hydrogen-bond acceptors (Lipinski definition) is 6. The number of carbonyl (C=O) groups is 1. The maximum atomic E-state index is 11.6. The van der Waals surface area contributed by atoms with Crippen LogP contribution in [0.1, 0.15) is 78.9 Å². The minimum atomic E-state index is -5.41. The summed E-state index contributed by atoms with van der Waals surface area (Å²) >= 11 is 0. The molecule has 0 radical (unpaired) electrons. The molecule has 3 saturated carbocycles. The molecule has 188 valence electrons. The van der Waals surface area contributed by atoms with Crippen LogP contribution in [0, 0.1) is 40.4 Å². The van der Waals surface area contributed by atoms with E-state index in [0.717, 1.165) is 6.42 Å². The van der Waals surface area contributed by atoms with E-state index in [9.17, 15) is 28.0 Å². The van der Waals surface area contributed by atoms with Gasteiger partial charge in [0, 0.05) is 11.9 Å². The van der Waals surface area contributed by atoms with Gasteiger partial charge in [0.25, 0.3) is 0 Å². The average molecular weight is 492 g/mol. The summed E-state index contributed by atoms with van der Waals surface area (Å²) in [5.41, 5.74) is -2.10. The van der Waals surface area contributed by atoms with Crippen LogP contribution in [-0.4, -0.2) is 52.5 Å². The van der Waals surface area contributed by atoms with Crippen molar-refractivity contribution in [1.82, 2.24) is 0 Å². The lowest BCUT2D eigenvalue weighted by Gasteiger charge is -2.61. The zero-order valence-electron chi connectivity index (χ0n) is 24.2. The SMILES string of the molecule is [2H]C1([2H])C[C@@]2(C)C(=C[C@@H](O)[C@H]3[C@@H]4CC[C@H]([C@H](C)CCC(=O)O)[C@@]4(C)[C@@H](O)C[C@@H]32)C([2H])([2H])C1([2H])OS(=O)(=O)O. The Morgan fingerprint density at radius 3 is 2.67 bits per heavy atom. The highest BCUT2D eigenvalue weighted by molar-refractivity contribution is 7.80. The van der Waals surface area contributed by atoms with Gasteiger partial charge in [-0.3, -0.25) is 9.35 Å². The van der Waals surface area contributed by atoms with E-state index < -0.39 is 76.5 Å². The first-order valence-corrected chi connectivity index (χ1v) is 13.0. The van der Waals surface area contributed by atoms with Gasteiger partial charge in [0.05, 0.1) is 19.7 Å². The third kappa shape index (κ3) is 4.29. The molecule has 1 unspecified atom stereocenters. The van der Waals surface area contributed by atoms with Gasteiger partial charge in [-0.25, -0.2) is 4.18 Å². The first-order chi connectivity index (χ1) is 17.1. The number of aliphatic hydroxyl groups is 2. The molecule has 0 aromatic rings. The van der Waals surface area contributed by atoms with E-state index >= 15 is 0 Å². The lowest BCUT2D eigenvalue weighted by Crippen LogP contribution is -2.59. The molecule has 0 aromatic carbocycles. The third-order valence-electron chi connectivity index (χ3n) is 9.23. The number of carboxylic acid groups (broad SMARTS) is 1. The molecule has 3 fully saturated rings. The molecule has 8 nitrogen and oxygen atoms in total. The fourth-order valence-electron chi connectivity index (χ4n) is 7.57. The summed E-state index contributed by atoms with van der Waals surface area (Å²) in [5, 5.41) is 32.2. The average Bonchev–Trinajstić information content (AvgIpc) is 3.10. The summed E-state index contributed by atoms with van der Waals surface area (Å²) in [6, 6.07) is 0. The second kappa shape index (κ2) is 8.59. The Morgan fingerprint density at radius 2 is 2.03 bits per heavy atom. The molecule has 4 N–H and O–H groups in total. The Labute approximate surface area is 203 Å². The van der Waals surface area contributed by atoms with E-state index in [4.69, 9.17) is 12.0 Å². The number of fused-ring (bicyclic) bond motifs is 5. The lowest BCUT2D eigenvalue weighted by molar-refractivity contribution is -0.158. The van der Waals surface area contributed by atoms with Gasteiger partial charge in [-0.1, -0.05) is 32.4 Å². The van der Waals surface area contributed by atoms with Crippen molar-refractivity contribution in [2.45, 2.75) is 90.3 Å². The van der Waals surface area contributed by atoms with E-state index in [1.807, 2.05) is 13.8 Å². The fraction of sp³-hybridized carbons (Fsp3) is 0.875. The Kier molecular flexibility index (Phi) is 5.00.